The number of aliphatic hydroxyl groups is 1. The van der Waals surface area contributed by atoms with Gasteiger partial charge < -0.3 is 29.4 Å². The molecule has 3 atom stereocenters. The Bertz CT molecular complexity index is 1130. The largest absolute Gasteiger partial charge is 0.394 e. The molecule has 0 aliphatic rings. The quantitative estimate of drug-likeness (QED) is 0.0657. The number of nitrogens with zero attached hydrogens (tertiary/aromatic N) is 2. The van der Waals surface area contributed by atoms with Crippen molar-refractivity contribution in [3.63, 3.8) is 0 Å². The van der Waals surface area contributed by atoms with Crippen LogP contribution in [0, 0.1) is 0 Å². The van der Waals surface area contributed by atoms with Crippen molar-refractivity contribution in [1.82, 2.24) is 9.55 Å². The van der Waals surface area contributed by atoms with E-state index in [1.54, 1.807) is 0 Å². The summed E-state index contributed by atoms with van der Waals surface area (Å²) in [5.41, 5.74) is 5.82. The lowest BCUT2D eigenvalue weighted by molar-refractivity contribution is 0.00663. The number of unbranched alkanes of at least 4 members (excludes halogenated alkanes) is 13. The highest BCUT2D eigenvalue weighted by molar-refractivity contribution is 7.53. The first-order valence-electron chi connectivity index (χ1n) is 17.4. The van der Waals surface area contributed by atoms with Crippen molar-refractivity contribution in [2.45, 2.75) is 136 Å². The van der Waals surface area contributed by atoms with Crippen molar-refractivity contribution >= 4 is 13.4 Å². The van der Waals surface area contributed by atoms with Gasteiger partial charge in [-0.05, 0) is 25.0 Å². The lowest BCUT2D eigenvalue weighted by Gasteiger charge is -2.23. The third-order valence-corrected chi connectivity index (χ3v) is 9.54. The van der Waals surface area contributed by atoms with Crippen molar-refractivity contribution in [2.75, 3.05) is 31.9 Å². The Morgan fingerprint density at radius 3 is 2.04 bits per heavy atom. The summed E-state index contributed by atoms with van der Waals surface area (Å²) in [4.78, 5) is 15.8. The summed E-state index contributed by atoms with van der Waals surface area (Å²) >= 11 is 0. The van der Waals surface area contributed by atoms with Crippen molar-refractivity contribution < 1.29 is 28.2 Å². The number of hydrogen-bond donors (Lipinski definition) is 2. The van der Waals surface area contributed by atoms with E-state index in [1.165, 1.54) is 100 Å². The second-order valence-corrected chi connectivity index (χ2v) is 14.2. The maximum Gasteiger partial charge on any atom is 0.356 e. The number of nitrogen functional groups attached to an aromatic ring is 1. The van der Waals surface area contributed by atoms with Crippen LogP contribution in [-0.4, -0.2) is 53.0 Å². The van der Waals surface area contributed by atoms with Crippen molar-refractivity contribution in [3.05, 3.63) is 58.6 Å². The Hall–Kier alpha value is -2.07. The molecule has 0 bridgehead atoms. The van der Waals surface area contributed by atoms with Gasteiger partial charge in [-0.15, -0.1) is 0 Å². The van der Waals surface area contributed by atoms with Crippen LogP contribution in [-0.2, 0) is 36.2 Å². The third-order valence-electron chi connectivity index (χ3n) is 7.98. The average molecular weight is 666 g/mol. The molecule has 1 heterocycles. The fourth-order valence-corrected chi connectivity index (χ4v) is 6.47. The molecule has 0 saturated carbocycles. The molecule has 0 aliphatic heterocycles. The first-order chi connectivity index (χ1) is 22.3. The van der Waals surface area contributed by atoms with Crippen LogP contribution in [0.4, 0.5) is 5.82 Å². The lowest BCUT2D eigenvalue weighted by Crippen LogP contribution is -2.32. The van der Waals surface area contributed by atoms with Crippen LogP contribution in [0.2, 0.25) is 0 Å². The van der Waals surface area contributed by atoms with Gasteiger partial charge in [-0.25, -0.2) is 4.79 Å². The van der Waals surface area contributed by atoms with E-state index in [4.69, 9.17) is 24.3 Å². The van der Waals surface area contributed by atoms with E-state index < -0.39 is 32.3 Å². The van der Waals surface area contributed by atoms with Crippen LogP contribution in [0.25, 0.3) is 0 Å². The second kappa shape index (κ2) is 25.0. The van der Waals surface area contributed by atoms with E-state index in [0.29, 0.717) is 0 Å². The minimum absolute atomic E-state index is 0.00117. The van der Waals surface area contributed by atoms with Gasteiger partial charge in [-0.3, -0.25) is 9.13 Å². The number of aliphatic hydroxyl groups excluding tert-OH is 1. The van der Waals surface area contributed by atoms with Gasteiger partial charge in [0.05, 0.1) is 45.2 Å². The SMILES string of the molecule is CCCCCCCCCCCCCCCCC(C)OCCO[P@](=O)(CO[C@H](CO)Cn1ccc(N)nc1=O)OCc1ccccc1. The van der Waals surface area contributed by atoms with Crippen LogP contribution in [0.3, 0.4) is 0 Å². The first kappa shape index (κ1) is 40.1. The molecule has 262 valence electrons. The highest BCUT2D eigenvalue weighted by atomic mass is 31.2. The smallest absolute Gasteiger partial charge is 0.356 e. The molecule has 11 heteroatoms. The highest BCUT2D eigenvalue weighted by Gasteiger charge is 2.28. The summed E-state index contributed by atoms with van der Waals surface area (Å²) < 4.78 is 38.0. The molecule has 0 amide bonds. The van der Waals surface area contributed by atoms with Crippen LogP contribution in [0.1, 0.15) is 116 Å². The average Bonchev–Trinajstić information content (AvgIpc) is 3.06. The van der Waals surface area contributed by atoms with Crippen molar-refractivity contribution in [2.24, 2.45) is 0 Å². The van der Waals surface area contributed by atoms with Crippen LogP contribution < -0.4 is 11.4 Å². The molecule has 0 spiro atoms. The predicted octanol–water partition coefficient (Wildman–Crippen LogP) is 7.86. The van der Waals surface area contributed by atoms with Gasteiger partial charge in [0.25, 0.3) is 0 Å². The summed E-state index contributed by atoms with van der Waals surface area (Å²) in [7, 11) is -3.72. The minimum atomic E-state index is -3.72. The molecule has 1 unspecified atom stereocenters. The zero-order valence-electron chi connectivity index (χ0n) is 28.4. The van der Waals surface area contributed by atoms with E-state index in [9.17, 15) is 14.5 Å². The molecule has 2 rings (SSSR count). The lowest BCUT2D eigenvalue weighted by atomic mass is 10.0. The standard InChI is InChI=1S/C35H60N3O7P/c1-3-4-5-6-7-8-9-10-11-12-13-14-15-17-20-31(2)42-25-26-44-46(41,45-29-32-21-18-16-19-22-32)30-43-33(28-39)27-38-24-23-34(36)37-35(38)40/h16,18-19,21-24,31,33,39H,3-15,17,20,25-30H2,1-2H3,(H2,36,37,40)/t31?,33-,46+/m0/s1. The second-order valence-electron chi connectivity index (χ2n) is 12.2. The van der Waals surface area contributed by atoms with Crippen LogP contribution in [0.15, 0.2) is 47.4 Å². The van der Waals surface area contributed by atoms with E-state index in [-0.39, 0.29) is 38.3 Å². The van der Waals surface area contributed by atoms with Crippen molar-refractivity contribution in [3.8, 4) is 0 Å². The first-order valence-corrected chi connectivity index (χ1v) is 19.2. The number of nitrogens with two attached hydrogens (primary N) is 1. The Kier molecular flexibility index (Phi) is 21.8. The fraction of sp³-hybridized carbons (Fsp3) is 0.714. The predicted molar refractivity (Wildman–Crippen MR) is 185 cm³/mol. The van der Waals surface area contributed by atoms with Gasteiger partial charge >= 0.3 is 13.3 Å². The molecule has 1 aromatic heterocycles. The molecule has 0 aliphatic carbocycles. The topological polar surface area (TPSA) is 135 Å². The number of ether oxygens (including phenoxy) is 2. The van der Waals surface area contributed by atoms with E-state index >= 15 is 0 Å². The number of benzene rings is 1. The maximum atomic E-state index is 13.6. The zero-order chi connectivity index (χ0) is 33.3. The van der Waals surface area contributed by atoms with Gasteiger partial charge in [0.2, 0.25) is 0 Å². The summed E-state index contributed by atoms with van der Waals surface area (Å²) in [6.45, 7) is 4.33. The van der Waals surface area contributed by atoms with Crippen LogP contribution in [0.5, 0.6) is 0 Å². The Morgan fingerprint density at radius 2 is 1.46 bits per heavy atom. The normalized spacial score (nSPS) is 14.2. The molecular formula is C35H60N3O7P. The summed E-state index contributed by atoms with van der Waals surface area (Å²) in [5, 5.41) is 9.83. The molecule has 0 radical (unpaired) electrons. The molecule has 0 saturated heterocycles. The highest BCUT2D eigenvalue weighted by Crippen LogP contribution is 2.49. The number of anilines is 1. The van der Waals surface area contributed by atoms with Gasteiger partial charge in [-0.2, -0.15) is 4.98 Å². The molecule has 3 N–H and O–H groups in total. The molecule has 1 aromatic carbocycles. The monoisotopic (exact) mass is 665 g/mol. The van der Waals surface area contributed by atoms with Gasteiger partial charge in [-0.1, -0.05) is 127 Å². The zero-order valence-corrected chi connectivity index (χ0v) is 29.3. The number of aromatic nitrogens is 2. The van der Waals surface area contributed by atoms with E-state index in [0.717, 1.165) is 18.4 Å². The summed E-state index contributed by atoms with van der Waals surface area (Å²) in [5.74, 6) is 0.103. The van der Waals surface area contributed by atoms with Crippen molar-refractivity contribution in [1.29, 1.82) is 0 Å². The molecule has 2 aromatic rings. The number of rotatable bonds is 29. The summed E-state index contributed by atoms with van der Waals surface area (Å²) in [6, 6.07) is 10.8. The molecule has 10 nitrogen and oxygen atoms in total. The summed E-state index contributed by atoms with van der Waals surface area (Å²) in [6.07, 6.45) is 20.0. The van der Waals surface area contributed by atoms with Crippen LogP contribution >= 0.6 is 7.60 Å². The van der Waals surface area contributed by atoms with Gasteiger partial charge in [0, 0.05) is 6.20 Å². The fourth-order valence-electron chi connectivity index (χ4n) is 5.15. The van der Waals surface area contributed by atoms with E-state index in [2.05, 4.69) is 18.8 Å². The molecular weight excluding hydrogens is 605 g/mol. The minimum Gasteiger partial charge on any atom is -0.394 e. The maximum absolute atomic E-state index is 13.6. The van der Waals surface area contributed by atoms with E-state index in [1.807, 2.05) is 30.3 Å². The third kappa shape index (κ3) is 18.9. The molecule has 0 fully saturated rings. The van der Waals surface area contributed by atoms with Gasteiger partial charge in [0.15, 0.2) is 0 Å². The Balaban J connectivity index is 1.65. The Labute approximate surface area is 276 Å². The Morgan fingerprint density at radius 1 is 0.848 bits per heavy atom. The molecule has 46 heavy (non-hydrogen) atoms. The van der Waals surface area contributed by atoms with Gasteiger partial charge in [0.1, 0.15) is 12.2 Å². The number of hydrogen-bond acceptors (Lipinski definition) is 9.